The van der Waals surface area contributed by atoms with Gasteiger partial charge in [-0.15, -0.1) is 0 Å². The molecule has 0 aliphatic heterocycles. The molecule has 0 radical (unpaired) electrons. The number of anilines is 1. The largest absolute Gasteiger partial charge is 0.354 e. The zero-order valence-electron chi connectivity index (χ0n) is 16.3. The van der Waals surface area contributed by atoms with Crippen LogP contribution >= 0.6 is 34.7 Å². The summed E-state index contributed by atoms with van der Waals surface area (Å²) < 4.78 is 4.41. The van der Waals surface area contributed by atoms with Gasteiger partial charge in [0.1, 0.15) is 5.82 Å². The lowest BCUT2D eigenvalue weighted by Gasteiger charge is -2.15. The summed E-state index contributed by atoms with van der Waals surface area (Å²) in [4.78, 5) is 18.6. The van der Waals surface area contributed by atoms with Crippen LogP contribution in [0.4, 0.5) is 5.13 Å². The van der Waals surface area contributed by atoms with Gasteiger partial charge in [0.25, 0.3) is 0 Å². The molecule has 0 saturated heterocycles. The van der Waals surface area contributed by atoms with E-state index in [1.807, 2.05) is 13.1 Å². The number of rotatable bonds is 8. The number of carbonyl (C=O) groups is 1. The average Bonchev–Trinajstić information content (AvgIpc) is 3.14. The van der Waals surface area contributed by atoms with E-state index in [-0.39, 0.29) is 12.5 Å². The number of halogens is 2. The van der Waals surface area contributed by atoms with Gasteiger partial charge in [0.15, 0.2) is 0 Å². The van der Waals surface area contributed by atoms with Crippen LogP contribution in [0.5, 0.6) is 0 Å². The summed E-state index contributed by atoms with van der Waals surface area (Å²) >= 11 is 13.4. The molecule has 1 N–H and O–H groups in total. The molecular weight excluding hydrogens is 427 g/mol. The van der Waals surface area contributed by atoms with E-state index in [0.717, 1.165) is 16.5 Å². The molecule has 0 fully saturated rings. The normalized spacial score (nSPS) is 10.8. The second-order valence-corrected chi connectivity index (χ2v) is 8.42. The van der Waals surface area contributed by atoms with Gasteiger partial charge in [-0.3, -0.25) is 4.79 Å². The van der Waals surface area contributed by atoms with Crippen molar-refractivity contribution >= 4 is 45.8 Å². The van der Waals surface area contributed by atoms with Gasteiger partial charge in [-0.1, -0.05) is 59.1 Å². The Kier molecular flexibility index (Phi) is 7.47. The molecule has 152 valence electrons. The summed E-state index contributed by atoms with van der Waals surface area (Å²) in [5, 5.41) is 4.85. The summed E-state index contributed by atoms with van der Waals surface area (Å²) in [7, 11) is 1.84. The highest BCUT2D eigenvalue weighted by Gasteiger charge is 2.13. The van der Waals surface area contributed by atoms with Crippen LogP contribution in [0.25, 0.3) is 0 Å². The number of nitrogens with one attached hydrogen (secondary N) is 1. The van der Waals surface area contributed by atoms with Crippen molar-refractivity contribution in [1.82, 2.24) is 14.7 Å². The number of benzene rings is 2. The van der Waals surface area contributed by atoms with Crippen LogP contribution < -0.4 is 10.2 Å². The second kappa shape index (κ2) is 10.1. The zero-order chi connectivity index (χ0) is 20.8. The molecular formula is C21H22Cl2N4OS. The molecule has 8 heteroatoms. The van der Waals surface area contributed by atoms with Crippen molar-refractivity contribution in [2.75, 3.05) is 25.0 Å². The van der Waals surface area contributed by atoms with Gasteiger partial charge in [0.2, 0.25) is 11.0 Å². The predicted octanol–water partition coefficient (Wildman–Crippen LogP) is 4.54. The average molecular weight is 449 g/mol. The minimum absolute atomic E-state index is 0.0760. The molecule has 29 heavy (non-hydrogen) atoms. The molecule has 0 saturated carbocycles. The maximum Gasteiger partial charge on any atom is 0.239 e. The lowest BCUT2D eigenvalue weighted by molar-refractivity contribution is -0.119. The van der Waals surface area contributed by atoms with Crippen molar-refractivity contribution < 1.29 is 4.79 Å². The minimum atomic E-state index is -0.0760. The van der Waals surface area contributed by atoms with E-state index < -0.39 is 0 Å². The third-order valence-electron chi connectivity index (χ3n) is 4.38. The smallest absolute Gasteiger partial charge is 0.239 e. The Morgan fingerprint density at radius 1 is 1.17 bits per heavy atom. The Labute approximate surface area is 184 Å². The minimum Gasteiger partial charge on any atom is -0.354 e. The third kappa shape index (κ3) is 6.42. The van der Waals surface area contributed by atoms with Crippen LogP contribution in [0.15, 0.2) is 42.5 Å². The van der Waals surface area contributed by atoms with Crippen molar-refractivity contribution in [2.45, 2.75) is 19.8 Å². The standard InChI is InChI=1S/C21H22Cl2N4OS/c1-14-3-5-15(6-4-14)11-19-25-21(29-26-19)27(2)13-20(28)24-10-9-16-7-8-17(22)12-18(16)23/h3-8,12H,9-11,13H2,1-2H3,(H,24,28). The van der Waals surface area contributed by atoms with E-state index in [2.05, 4.69) is 45.9 Å². The fourth-order valence-electron chi connectivity index (χ4n) is 2.76. The van der Waals surface area contributed by atoms with Crippen LogP contribution in [-0.4, -0.2) is 35.4 Å². The van der Waals surface area contributed by atoms with Gasteiger partial charge >= 0.3 is 0 Å². The van der Waals surface area contributed by atoms with Crippen molar-refractivity contribution in [3.05, 3.63) is 75.0 Å². The molecule has 1 amide bonds. The summed E-state index contributed by atoms with van der Waals surface area (Å²) in [6.45, 7) is 2.78. The Bertz CT molecular complexity index is 975. The molecule has 1 aromatic heterocycles. The Morgan fingerprint density at radius 3 is 2.66 bits per heavy atom. The molecule has 3 aromatic rings. The molecule has 2 aromatic carbocycles. The number of aromatic nitrogens is 2. The van der Waals surface area contributed by atoms with Crippen LogP contribution in [0, 0.1) is 6.92 Å². The summed E-state index contributed by atoms with van der Waals surface area (Å²) in [6, 6.07) is 13.7. The van der Waals surface area contributed by atoms with Crippen molar-refractivity contribution in [1.29, 1.82) is 0 Å². The lowest BCUT2D eigenvalue weighted by atomic mass is 10.1. The molecule has 1 heterocycles. The predicted molar refractivity (Wildman–Crippen MR) is 120 cm³/mol. The van der Waals surface area contributed by atoms with Crippen molar-refractivity contribution in [3.8, 4) is 0 Å². The number of aryl methyl sites for hydroxylation is 1. The van der Waals surface area contributed by atoms with Gasteiger partial charge in [-0.2, -0.15) is 4.37 Å². The Balaban J connectivity index is 1.47. The fourth-order valence-corrected chi connectivity index (χ4v) is 3.91. The quantitative estimate of drug-likeness (QED) is 0.549. The number of amides is 1. The number of nitrogens with zero attached hydrogens (tertiary/aromatic N) is 3. The highest BCUT2D eigenvalue weighted by molar-refractivity contribution is 7.09. The number of carbonyl (C=O) groups excluding carboxylic acids is 1. The topological polar surface area (TPSA) is 58.1 Å². The maximum atomic E-state index is 12.2. The van der Waals surface area contributed by atoms with E-state index >= 15 is 0 Å². The molecule has 3 rings (SSSR count). The first-order valence-corrected chi connectivity index (χ1v) is 10.7. The molecule has 5 nitrogen and oxygen atoms in total. The van der Waals surface area contributed by atoms with E-state index in [1.54, 1.807) is 17.0 Å². The SMILES string of the molecule is Cc1ccc(Cc2nsc(N(C)CC(=O)NCCc3ccc(Cl)cc3Cl)n2)cc1. The van der Waals surface area contributed by atoms with E-state index in [4.69, 9.17) is 23.2 Å². The second-order valence-electron chi connectivity index (χ2n) is 6.85. The third-order valence-corrected chi connectivity index (χ3v) is 5.83. The van der Waals surface area contributed by atoms with Gasteiger partial charge in [0.05, 0.1) is 6.54 Å². The van der Waals surface area contributed by atoms with Crippen LogP contribution in [0.2, 0.25) is 10.0 Å². The zero-order valence-corrected chi connectivity index (χ0v) is 18.6. The molecule has 0 bridgehead atoms. The molecule has 0 spiro atoms. The first kappa shape index (κ1) is 21.6. The summed E-state index contributed by atoms with van der Waals surface area (Å²) in [6.07, 6.45) is 1.32. The maximum absolute atomic E-state index is 12.2. The summed E-state index contributed by atoms with van der Waals surface area (Å²) in [5.74, 6) is 0.686. The highest BCUT2D eigenvalue weighted by Crippen LogP contribution is 2.21. The van der Waals surface area contributed by atoms with Gasteiger partial charge in [-0.25, -0.2) is 4.98 Å². The molecule has 0 aliphatic rings. The van der Waals surface area contributed by atoms with E-state index in [1.165, 1.54) is 22.7 Å². The van der Waals surface area contributed by atoms with Crippen LogP contribution in [0.3, 0.4) is 0 Å². The van der Waals surface area contributed by atoms with Crippen molar-refractivity contribution in [3.63, 3.8) is 0 Å². The van der Waals surface area contributed by atoms with E-state index in [0.29, 0.717) is 29.4 Å². The van der Waals surface area contributed by atoms with Gasteiger partial charge < -0.3 is 10.2 Å². The van der Waals surface area contributed by atoms with Crippen molar-refractivity contribution in [2.24, 2.45) is 0 Å². The van der Waals surface area contributed by atoms with Crippen LogP contribution in [0.1, 0.15) is 22.5 Å². The number of likely N-dealkylation sites (N-methyl/N-ethyl adjacent to an activating group) is 1. The van der Waals surface area contributed by atoms with Crippen LogP contribution in [-0.2, 0) is 17.6 Å². The van der Waals surface area contributed by atoms with Gasteiger partial charge in [-0.05, 0) is 36.6 Å². The molecule has 0 unspecified atom stereocenters. The Morgan fingerprint density at radius 2 is 1.93 bits per heavy atom. The number of hydrogen-bond donors (Lipinski definition) is 1. The highest BCUT2D eigenvalue weighted by atomic mass is 35.5. The summed E-state index contributed by atoms with van der Waals surface area (Å²) in [5.41, 5.74) is 3.35. The Hall–Kier alpha value is -2.15. The van der Waals surface area contributed by atoms with E-state index in [9.17, 15) is 4.79 Å². The first-order valence-electron chi connectivity index (χ1n) is 9.20. The fraction of sp³-hybridized carbons (Fsp3) is 0.286. The monoisotopic (exact) mass is 448 g/mol. The molecule has 0 atom stereocenters. The first-order chi connectivity index (χ1) is 13.9. The number of hydrogen-bond acceptors (Lipinski definition) is 5. The lowest BCUT2D eigenvalue weighted by Crippen LogP contribution is -2.36. The van der Waals surface area contributed by atoms with Gasteiger partial charge in [0, 0.05) is 41.6 Å². The molecule has 0 aliphatic carbocycles.